The Bertz CT molecular complexity index is 664. The van der Waals surface area contributed by atoms with Crippen molar-refractivity contribution in [2.45, 2.75) is 18.9 Å². The maximum absolute atomic E-state index is 13.4. The van der Waals surface area contributed by atoms with Crippen LogP contribution in [0.5, 0.6) is 0 Å². The molecule has 0 aromatic heterocycles. The molecule has 0 fully saturated rings. The summed E-state index contributed by atoms with van der Waals surface area (Å²) in [6.45, 7) is 0. The van der Waals surface area contributed by atoms with Crippen LogP contribution >= 0.6 is 15.9 Å². The van der Waals surface area contributed by atoms with E-state index in [1.54, 1.807) is 0 Å². The van der Waals surface area contributed by atoms with Crippen molar-refractivity contribution in [3.8, 4) is 0 Å². The normalized spacial score (nSPS) is 12.1. The Morgan fingerprint density at radius 2 is 1.90 bits per heavy atom. The average molecular weight is 353 g/mol. The lowest BCUT2D eigenvalue weighted by Crippen LogP contribution is -2.25. The molecule has 0 bridgehead atoms. The summed E-state index contributed by atoms with van der Waals surface area (Å²) in [5.41, 5.74) is 7.40. The van der Waals surface area contributed by atoms with E-state index in [4.69, 9.17) is 5.73 Å². The van der Waals surface area contributed by atoms with Crippen LogP contribution in [0.25, 0.3) is 0 Å². The second-order valence-electron chi connectivity index (χ2n) is 4.87. The first-order valence-electron chi connectivity index (χ1n) is 6.38. The van der Waals surface area contributed by atoms with E-state index >= 15 is 0 Å². The van der Waals surface area contributed by atoms with Crippen LogP contribution in [-0.2, 0) is 12.8 Å². The van der Waals surface area contributed by atoms with Gasteiger partial charge in [-0.1, -0.05) is 28.1 Å². The maximum atomic E-state index is 13.4. The molecule has 0 aliphatic carbocycles. The lowest BCUT2D eigenvalue weighted by atomic mass is 9.99. The van der Waals surface area contributed by atoms with Gasteiger partial charge in [0.2, 0.25) is 0 Å². The fourth-order valence-electron chi connectivity index (χ4n) is 2.20. The van der Waals surface area contributed by atoms with Crippen LogP contribution in [0.15, 0.2) is 46.9 Å². The summed E-state index contributed by atoms with van der Waals surface area (Å²) in [6, 6.07) is 11.1. The van der Waals surface area contributed by atoms with Gasteiger partial charge in [0.1, 0.15) is 5.82 Å². The lowest BCUT2D eigenvalue weighted by molar-refractivity contribution is -0.385. The number of nitrogens with two attached hydrogens (primary N) is 1. The summed E-state index contributed by atoms with van der Waals surface area (Å²) in [5, 5.41) is 10.7. The first-order valence-corrected chi connectivity index (χ1v) is 7.17. The number of rotatable bonds is 5. The number of halogens is 2. The van der Waals surface area contributed by atoms with Crippen molar-refractivity contribution in [2.75, 3.05) is 0 Å². The lowest BCUT2D eigenvalue weighted by Gasteiger charge is -2.12. The van der Waals surface area contributed by atoms with Gasteiger partial charge in [0.05, 0.1) is 11.0 Å². The van der Waals surface area contributed by atoms with E-state index in [2.05, 4.69) is 15.9 Å². The van der Waals surface area contributed by atoms with Gasteiger partial charge in [0, 0.05) is 16.6 Å². The zero-order valence-corrected chi connectivity index (χ0v) is 12.7. The third-order valence-corrected chi connectivity index (χ3v) is 3.53. The fraction of sp³-hybridized carbons (Fsp3) is 0.200. The number of non-ortho nitro benzene ring substituents is 1. The van der Waals surface area contributed by atoms with E-state index in [1.165, 1.54) is 12.1 Å². The van der Waals surface area contributed by atoms with Gasteiger partial charge in [-0.2, -0.15) is 0 Å². The van der Waals surface area contributed by atoms with E-state index in [9.17, 15) is 14.5 Å². The first-order chi connectivity index (χ1) is 9.94. The van der Waals surface area contributed by atoms with Crippen molar-refractivity contribution < 1.29 is 9.31 Å². The number of hydrogen-bond donors (Lipinski definition) is 1. The molecule has 2 aromatic carbocycles. The number of nitro benzene ring substituents is 1. The zero-order chi connectivity index (χ0) is 15.4. The second-order valence-corrected chi connectivity index (χ2v) is 5.79. The van der Waals surface area contributed by atoms with Crippen LogP contribution < -0.4 is 5.73 Å². The Hall–Kier alpha value is -1.79. The Balaban J connectivity index is 2.09. The minimum atomic E-state index is -0.617. The van der Waals surface area contributed by atoms with Gasteiger partial charge >= 0.3 is 0 Å². The first kappa shape index (κ1) is 15.6. The molecule has 6 heteroatoms. The summed E-state index contributed by atoms with van der Waals surface area (Å²) in [6.07, 6.45) is 0.995. The molecular weight excluding hydrogens is 339 g/mol. The van der Waals surface area contributed by atoms with Gasteiger partial charge in [-0.25, -0.2) is 4.39 Å². The standard InChI is InChI=1S/C15H14BrFN2O2/c16-12-3-1-2-10(4-12)6-14(18)7-11-5-13(17)9-15(8-11)19(20)21/h1-5,8-9,14H,6-7,18H2. The Labute approximate surface area is 130 Å². The minimum Gasteiger partial charge on any atom is -0.327 e. The van der Waals surface area contributed by atoms with Crippen LogP contribution in [0, 0.1) is 15.9 Å². The molecule has 0 aliphatic rings. The molecule has 0 spiro atoms. The van der Waals surface area contributed by atoms with Crippen molar-refractivity contribution in [1.82, 2.24) is 0 Å². The molecular formula is C15H14BrFN2O2. The highest BCUT2D eigenvalue weighted by Crippen LogP contribution is 2.19. The summed E-state index contributed by atoms with van der Waals surface area (Å²) in [7, 11) is 0. The topological polar surface area (TPSA) is 69.2 Å². The third-order valence-electron chi connectivity index (χ3n) is 3.04. The summed E-state index contributed by atoms with van der Waals surface area (Å²) in [4.78, 5) is 10.1. The molecule has 0 saturated heterocycles. The van der Waals surface area contributed by atoms with E-state index in [-0.39, 0.29) is 11.7 Å². The Morgan fingerprint density at radius 3 is 2.57 bits per heavy atom. The molecule has 0 heterocycles. The quantitative estimate of drug-likeness (QED) is 0.660. The molecule has 4 nitrogen and oxygen atoms in total. The molecule has 0 amide bonds. The highest BCUT2D eigenvalue weighted by molar-refractivity contribution is 9.10. The number of nitro groups is 1. The van der Waals surface area contributed by atoms with Crippen molar-refractivity contribution in [3.05, 3.63) is 74.0 Å². The van der Waals surface area contributed by atoms with Crippen molar-refractivity contribution in [1.29, 1.82) is 0 Å². The van der Waals surface area contributed by atoms with Crippen molar-refractivity contribution >= 4 is 21.6 Å². The predicted octanol–water partition coefficient (Wildman–Crippen LogP) is 3.61. The van der Waals surface area contributed by atoms with E-state index in [1.807, 2.05) is 24.3 Å². The summed E-state index contributed by atoms with van der Waals surface area (Å²) in [5.74, 6) is -0.617. The van der Waals surface area contributed by atoms with Gasteiger partial charge < -0.3 is 5.73 Å². The van der Waals surface area contributed by atoms with Crippen LogP contribution in [0.2, 0.25) is 0 Å². The molecule has 110 valence electrons. The summed E-state index contributed by atoms with van der Waals surface area (Å²) >= 11 is 3.39. The largest absolute Gasteiger partial charge is 0.327 e. The van der Waals surface area contributed by atoms with Crippen molar-refractivity contribution in [2.24, 2.45) is 5.73 Å². The van der Waals surface area contributed by atoms with E-state index < -0.39 is 10.7 Å². The third kappa shape index (κ3) is 4.61. The molecule has 21 heavy (non-hydrogen) atoms. The number of hydrogen-bond acceptors (Lipinski definition) is 3. The van der Waals surface area contributed by atoms with Crippen molar-refractivity contribution in [3.63, 3.8) is 0 Å². The molecule has 1 unspecified atom stereocenters. The zero-order valence-electron chi connectivity index (χ0n) is 11.1. The minimum absolute atomic E-state index is 0.235. The van der Waals surface area contributed by atoms with Crippen LogP contribution in [0.3, 0.4) is 0 Å². The highest BCUT2D eigenvalue weighted by atomic mass is 79.9. The Morgan fingerprint density at radius 1 is 1.19 bits per heavy atom. The van der Waals surface area contributed by atoms with Gasteiger partial charge in [0.25, 0.3) is 5.69 Å². The molecule has 2 rings (SSSR count). The van der Waals surface area contributed by atoms with Gasteiger partial charge in [-0.15, -0.1) is 0 Å². The molecule has 2 aromatic rings. The molecule has 0 radical (unpaired) electrons. The smallest absolute Gasteiger partial charge is 0.272 e. The van der Waals surface area contributed by atoms with Crippen LogP contribution in [0.1, 0.15) is 11.1 Å². The Kier molecular flexibility index (Phi) is 5.03. The van der Waals surface area contributed by atoms with Crippen LogP contribution in [0.4, 0.5) is 10.1 Å². The fourth-order valence-corrected chi connectivity index (χ4v) is 2.64. The average Bonchev–Trinajstić information content (AvgIpc) is 2.37. The number of benzene rings is 2. The monoisotopic (exact) mass is 352 g/mol. The van der Waals surface area contributed by atoms with E-state index in [0.717, 1.165) is 16.1 Å². The second kappa shape index (κ2) is 6.78. The maximum Gasteiger partial charge on any atom is 0.272 e. The van der Waals surface area contributed by atoms with Gasteiger partial charge in [-0.05, 0) is 42.2 Å². The van der Waals surface area contributed by atoms with E-state index in [0.29, 0.717) is 18.4 Å². The van der Waals surface area contributed by atoms with Gasteiger partial charge in [-0.3, -0.25) is 10.1 Å². The molecule has 1 atom stereocenters. The van der Waals surface area contributed by atoms with Gasteiger partial charge in [0.15, 0.2) is 0 Å². The predicted molar refractivity (Wildman–Crippen MR) is 82.6 cm³/mol. The number of nitrogens with zero attached hydrogens (tertiary/aromatic N) is 1. The van der Waals surface area contributed by atoms with Crippen LogP contribution in [-0.4, -0.2) is 11.0 Å². The molecule has 0 aliphatic heterocycles. The molecule has 0 saturated carbocycles. The summed E-state index contributed by atoms with van der Waals surface area (Å²) < 4.78 is 14.3. The highest BCUT2D eigenvalue weighted by Gasteiger charge is 2.12. The SMILES string of the molecule is NC(Cc1cccc(Br)c1)Cc1cc(F)cc([N+](=O)[O-])c1. The molecule has 2 N–H and O–H groups in total.